The van der Waals surface area contributed by atoms with E-state index in [1.165, 1.54) is 14.2 Å². The Kier molecular flexibility index (Phi) is 9.18. The number of aliphatic hydroxyl groups is 4. The third-order valence-electron chi connectivity index (χ3n) is 8.17. The fraction of sp³-hybridized carbons (Fsp3) is 0.586. The first-order valence-electron chi connectivity index (χ1n) is 13.6. The van der Waals surface area contributed by atoms with Gasteiger partial charge in [0.05, 0.1) is 67.6 Å². The van der Waals surface area contributed by atoms with Crippen molar-refractivity contribution in [1.29, 1.82) is 0 Å². The topological polar surface area (TPSA) is 164 Å². The van der Waals surface area contributed by atoms with Crippen molar-refractivity contribution in [2.75, 3.05) is 55.4 Å². The van der Waals surface area contributed by atoms with Crippen LogP contribution in [0.15, 0.2) is 24.3 Å². The fourth-order valence-corrected chi connectivity index (χ4v) is 5.96. The summed E-state index contributed by atoms with van der Waals surface area (Å²) in [5.74, 6) is 2.30. The quantitative estimate of drug-likeness (QED) is 0.308. The summed E-state index contributed by atoms with van der Waals surface area (Å²) in [5.41, 5.74) is 1.66. The summed E-state index contributed by atoms with van der Waals surface area (Å²) >= 11 is 0. The molecule has 13 nitrogen and oxygen atoms in total. The molecule has 2 aromatic rings. The van der Waals surface area contributed by atoms with Crippen LogP contribution in [0.1, 0.15) is 23.3 Å². The maximum Gasteiger partial charge on any atom is 0.229 e. The second-order valence-corrected chi connectivity index (χ2v) is 10.4. The highest BCUT2D eigenvalue weighted by Gasteiger charge is 2.49. The summed E-state index contributed by atoms with van der Waals surface area (Å²) < 4.78 is 51.8. The van der Waals surface area contributed by atoms with Crippen LogP contribution >= 0.6 is 0 Å². The second-order valence-electron chi connectivity index (χ2n) is 10.4. The molecule has 3 heterocycles. The maximum absolute atomic E-state index is 10.5. The molecule has 3 fully saturated rings. The van der Waals surface area contributed by atoms with Crippen LogP contribution in [0.4, 0.5) is 0 Å². The zero-order valence-corrected chi connectivity index (χ0v) is 24.1. The largest absolute Gasteiger partial charge is 0.493 e. The molecule has 0 saturated carbocycles. The van der Waals surface area contributed by atoms with E-state index in [4.69, 9.17) is 42.6 Å². The van der Waals surface area contributed by atoms with E-state index in [1.807, 2.05) is 12.1 Å². The standard InChI is InChI=1S/C29H38O13/c1-34-17-6-13(7-18(35-2)27(17)38-5)25-15-11-40-26(16(15)12-39-25)14-8-19(36-3)28(20(9-14)37-4)42-29-24(33)23(32)22(31)21(10-30)41-29/h6-9,15-16,21-26,29-33H,10-12H2,1-5H3/t15-,16+,21-,22-,23+,24-,25+,26-,29-/m1/s1. The first kappa shape index (κ1) is 30.4. The highest BCUT2D eigenvalue weighted by molar-refractivity contribution is 5.56. The van der Waals surface area contributed by atoms with Gasteiger partial charge in [-0.25, -0.2) is 0 Å². The van der Waals surface area contributed by atoms with Crippen LogP contribution in [0.25, 0.3) is 0 Å². The Morgan fingerprint density at radius 3 is 1.50 bits per heavy atom. The van der Waals surface area contributed by atoms with Gasteiger partial charge in [-0.3, -0.25) is 0 Å². The molecule has 0 aliphatic carbocycles. The highest BCUT2D eigenvalue weighted by Crippen LogP contribution is 2.53. The van der Waals surface area contributed by atoms with Gasteiger partial charge in [0.1, 0.15) is 24.4 Å². The van der Waals surface area contributed by atoms with Gasteiger partial charge in [-0.15, -0.1) is 0 Å². The number of ether oxygens (including phenoxy) is 9. The number of hydrogen-bond donors (Lipinski definition) is 4. The summed E-state index contributed by atoms with van der Waals surface area (Å²) in [6.07, 6.45) is -7.85. The minimum Gasteiger partial charge on any atom is -0.493 e. The van der Waals surface area contributed by atoms with Gasteiger partial charge in [0.2, 0.25) is 17.8 Å². The molecular weight excluding hydrogens is 556 g/mol. The van der Waals surface area contributed by atoms with Gasteiger partial charge < -0.3 is 63.1 Å². The molecule has 0 radical (unpaired) electrons. The van der Waals surface area contributed by atoms with Crippen LogP contribution in [0, 0.1) is 11.8 Å². The van der Waals surface area contributed by atoms with Gasteiger partial charge in [-0.2, -0.15) is 0 Å². The van der Waals surface area contributed by atoms with E-state index < -0.39 is 37.3 Å². The summed E-state index contributed by atoms with van der Waals surface area (Å²) in [7, 11) is 7.60. The smallest absolute Gasteiger partial charge is 0.229 e. The van der Waals surface area contributed by atoms with E-state index >= 15 is 0 Å². The lowest BCUT2D eigenvalue weighted by Crippen LogP contribution is -2.60. The summed E-state index contributed by atoms with van der Waals surface area (Å²) in [4.78, 5) is 0. The molecule has 2 aromatic carbocycles. The van der Waals surface area contributed by atoms with Crippen LogP contribution in [0.5, 0.6) is 34.5 Å². The van der Waals surface area contributed by atoms with Crippen molar-refractivity contribution >= 4 is 0 Å². The van der Waals surface area contributed by atoms with Gasteiger partial charge in [-0.05, 0) is 35.4 Å². The lowest BCUT2D eigenvalue weighted by atomic mass is 9.84. The Morgan fingerprint density at radius 2 is 1.10 bits per heavy atom. The van der Waals surface area contributed by atoms with Crippen LogP contribution in [-0.4, -0.2) is 107 Å². The van der Waals surface area contributed by atoms with E-state index in [0.717, 1.165) is 11.1 Å². The zero-order valence-electron chi connectivity index (χ0n) is 24.1. The van der Waals surface area contributed by atoms with E-state index in [-0.39, 0.29) is 41.3 Å². The number of benzene rings is 2. The zero-order chi connectivity index (χ0) is 30.1. The molecule has 0 amide bonds. The van der Waals surface area contributed by atoms with Crippen molar-refractivity contribution < 1.29 is 63.1 Å². The Labute approximate surface area is 243 Å². The van der Waals surface area contributed by atoms with Crippen LogP contribution in [-0.2, 0) is 14.2 Å². The van der Waals surface area contributed by atoms with Gasteiger partial charge in [0, 0.05) is 11.8 Å². The lowest BCUT2D eigenvalue weighted by molar-refractivity contribution is -0.277. The van der Waals surface area contributed by atoms with Crippen molar-refractivity contribution in [3.05, 3.63) is 35.4 Å². The molecule has 0 spiro atoms. The van der Waals surface area contributed by atoms with Crippen LogP contribution in [0.3, 0.4) is 0 Å². The lowest BCUT2D eigenvalue weighted by Gasteiger charge is -2.39. The molecule has 232 valence electrons. The highest BCUT2D eigenvalue weighted by atomic mass is 16.7. The average molecular weight is 595 g/mol. The number of rotatable bonds is 10. The first-order chi connectivity index (χ1) is 20.3. The first-order valence-corrected chi connectivity index (χ1v) is 13.6. The van der Waals surface area contributed by atoms with E-state index in [0.29, 0.717) is 30.5 Å². The molecule has 13 heteroatoms. The van der Waals surface area contributed by atoms with Crippen molar-refractivity contribution in [1.82, 2.24) is 0 Å². The van der Waals surface area contributed by atoms with Gasteiger partial charge in [-0.1, -0.05) is 0 Å². The SMILES string of the molecule is COc1cc([C@@H]2OC[C@H]3[C@H]2CO[C@@H]3c2cc(OC)c(O[C@H]3O[C@H](CO)[C@@H](O)[C@H](O)[C@H]3O)c(OC)c2)cc(OC)c1OC. The van der Waals surface area contributed by atoms with Gasteiger partial charge in [0.15, 0.2) is 23.0 Å². The predicted octanol–water partition coefficient (Wildman–Crippen LogP) is 0.984. The molecule has 0 unspecified atom stereocenters. The number of aliphatic hydroxyl groups excluding tert-OH is 4. The third-order valence-corrected chi connectivity index (χ3v) is 8.17. The summed E-state index contributed by atoms with van der Waals surface area (Å²) in [5, 5.41) is 40.3. The van der Waals surface area contributed by atoms with Crippen molar-refractivity contribution in [2.45, 2.75) is 42.9 Å². The molecule has 0 bridgehead atoms. The molecule has 9 atom stereocenters. The normalized spacial score (nSPS) is 32.3. The van der Waals surface area contributed by atoms with Gasteiger partial charge >= 0.3 is 0 Å². The Balaban J connectivity index is 1.40. The molecule has 5 rings (SSSR count). The molecule has 3 aliphatic rings. The Morgan fingerprint density at radius 1 is 0.643 bits per heavy atom. The average Bonchev–Trinajstić information content (AvgIpc) is 3.63. The number of methoxy groups -OCH3 is 5. The van der Waals surface area contributed by atoms with Gasteiger partial charge in [0.25, 0.3) is 0 Å². The fourth-order valence-electron chi connectivity index (χ4n) is 5.96. The van der Waals surface area contributed by atoms with Crippen molar-refractivity contribution in [3.63, 3.8) is 0 Å². The van der Waals surface area contributed by atoms with E-state index in [9.17, 15) is 20.4 Å². The maximum atomic E-state index is 10.5. The molecule has 3 saturated heterocycles. The predicted molar refractivity (Wildman–Crippen MR) is 144 cm³/mol. The van der Waals surface area contributed by atoms with Crippen molar-refractivity contribution in [3.8, 4) is 34.5 Å². The Hall–Kier alpha value is -3.04. The molecular formula is C29H38O13. The van der Waals surface area contributed by atoms with E-state index in [1.54, 1.807) is 33.5 Å². The molecule has 42 heavy (non-hydrogen) atoms. The molecule has 4 N–H and O–H groups in total. The van der Waals surface area contributed by atoms with Crippen LogP contribution in [0.2, 0.25) is 0 Å². The number of hydrogen-bond acceptors (Lipinski definition) is 13. The summed E-state index contributed by atoms with van der Waals surface area (Å²) in [6.45, 7) is 0.313. The van der Waals surface area contributed by atoms with Crippen molar-refractivity contribution in [2.24, 2.45) is 11.8 Å². The molecule has 0 aromatic heterocycles. The minimum atomic E-state index is -1.60. The van der Waals surface area contributed by atoms with E-state index in [2.05, 4.69) is 0 Å². The third kappa shape index (κ3) is 5.30. The summed E-state index contributed by atoms with van der Waals surface area (Å²) in [6, 6.07) is 7.28. The van der Waals surface area contributed by atoms with Crippen LogP contribution < -0.4 is 28.4 Å². The minimum absolute atomic E-state index is 0.0146. The number of fused-ring (bicyclic) bond motifs is 1. The monoisotopic (exact) mass is 594 g/mol. The Bertz CT molecular complexity index is 1190. The molecule has 3 aliphatic heterocycles. The second kappa shape index (κ2) is 12.7.